The van der Waals surface area contributed by atoms with Crippen LogP contribution in [0.15, 0.2) is 11.6 Å². The van der Waals surface area contributed by atoms with Crippen molar-refractivity contribution in [1.29, 1.82) is 0 Å². The molecule has 22 heavy (non-hydrogen) atoms. The number of aliphatic hydroxyl groups is 4. The fraction of sp³-hybridized carbons (Fsp3) is 0.875. The summed E-state index contributed by atoms with van der Waals surface area (Å²) < 4.78 is 10.8. The van der Waals surface area contributed by atoms with Crippen LogP contribution in [0.3, 0.4) is 0 Å². The molecular formula is C16H30O6. The van der Waals surface area contributed by atoms with Crippen LogP contribution in [0.2, 0.25) is 0 Å². The Kier molecular flexibility index (Phi) is 8.53. The van der Waals surface area contributed by atoms with E-state index in [4.69, 9.17) is 14.6 Å². The van der Waals surface area contributed by atoms with Crippen LogP contribution < -0.4 is 0 Å². The van der Waals surface area contributed by atoms with Gasteiger partial charge < -0.3 is 29.9 Å². The Morgan fingerprint density at radius 3 is 2.41 bits per heavy atom. The highest BCUT2D eigenvalue weighted by molar-refractivity contribution is 4.92. The fourth-order valence-corrected chi connectivity index (χ4v) is 2.39. The summed E-state index contributed by atoms with van der Waals surface area (Å²) >= 11 is 0. The first-order chi connectivity index (χ1) is 10.4. The normalized spacial score (nSPS) is 33.5. The summed E-state index contributed by atoms with van der Waals surface area (Å²) in [5.41, 5.74) is 1.31. The molecule has 0 saturated carbocycles. The van der Waals surface area contributed by atoms with E-state index < -0.39 is 37.3 Å². The molecule has 0 unspecified atom stereocenters. The lowest BCUT2D eigenvalue weighted by molar-refractivity contribution is -0.301. The summed E-state index contributed by atoms with van der Waals surface area (Å²) in [5.74, 6) is 0.473. The molecule has 6 atom stereocenters. The zero-order valence-electron chi connectivity index (χ0n) is 13.7. The Balaban J connectivity index is 2.32. The number of rotatable bonds is 8. The third-order valence-electron chi connectivity index (χ3n) is 3.95. The topological polar surface area (TPSA) is 99.4 Å². The van der Waals surface area contributed by atoms with Gasteiger partial charge in [0.05, 0.1) is 13.2 Å². The van der Waals surface area contributed by atoms with Crippen molar-refractivity contribution < 1.29 is 29.9 Å². The Labute approximate surface area is 132 Å². The SMILES string of the molecule is CC(C)=CCC[C@H](C)CCO[C@@H]1O[C@H](CO)[C@@H](O)[C@H](O)[C@H]1O. The van der Waals surface area contributed by atoms with Gasteiger partial charge in [-0.2, -0.15) is 0 Å². The first-order valence-electron chi connectivity index (χ1n) is 7.92. The van der Waals surface area contributed by atoms with E-state index in [1.807, 2.05) is 0 Å². The molecule has 1 saturated heterocycles. The van der Waals surface area contributed by atoms with Gasteiger partial charge in [0.25, 0.3) is 0 Å². The molecule has 0 amide bonds. The van der Waals surface area contributed by atoms with E-state index in [2.05, 4.69) is 26.8 Å². The molecule has 0 aromatic carbocycles. The standard InChI is InChI=1S/C16H30O6/c1-10(2)5-4-6-11(3)7-8-21-16-15(20)14(19)13(18)12(9-17)22-16/h5,11-20H,4,6-9H2,1-3H3/t11-,12+,13+,14-,15+,16+/m0/s1. The van der Waals surface area contributed by atoms with Crippen LogP contribution >= 0.6 is 0 Å². The van der Waals surface area contributed by atoms with Crippen molar-refractivity contribution in [2.75, 3.05) is 13.2 Å². The number of hydrogen-bond donors (Lipinski definition) is 4. The van der Waals surface area contributed by atoms with Crippen LogP contribution in [-0.4, -0.2) is 64.3 Å². The minimum absolute atomic E-state index is 0.388. The van der Waals surface area contributed by atoms with Crippen molar-refractivity contribution in [3.63, 3.8) is 0 Å². The Bertz CT molecular complexity index is 340. The minimum Gasteiger partial charge on any atom is -0.394 e. The van der Waals surface area contributed by atoms with Gasteiger partial charge >= 0.3 is 0 Å². The summed E-state index contributed by atoms with van der Waals surface area (Å²) in [5, 5.41) is 38.3. The van der Waals surface area contributed by atoms with E-state index >= 15 is 0 Å². The van der Waals surface area contributed by atoms with Crippen LogP contribution in [0.25, 0.3) is 0 Å². The lowest BCUT2D eigenvalue weighted by Gasteiger charge is -2.39. The van der Waals surface area contributed by atoms with Gasteiger partial charge in [0.15, 0.2) is 6.29 Å². The van der Waals surface area contributed by atoms with Crippen molar-refractivity contribution >= 4 is 0 Å². The third-order valence-corrected chi connectivity index (χ3v) is 3.95. The number of aliphatic hydroxyl groups excluding tert-OH is 4. The van der Waals surface area contributed by atoms with E-state index in [-0.39, 0.29) is 0 Å². The molecule has 0 aromatic heterocycles. The molecule has 1 heterocycles. The van der Waals surface area contributed by atoms with Crippen LogP contribution in [-0.2, 0) is 9.47 Å². The molecular weight excluding hydrogens is 288 g/mol. The minimum atomic E-state index is -1.38. The van der Waals surface area contributed by atoms with Crippen molar-refractivity contribution in [3.8, 4) is 0 Å². The molecule has 0 spiro atoms. The molecule has 0 radical (unpaired) electrons. The highest BCUT2D eigenvalue weighted by atomic mass is 16.7. The van der Waals surface area contributed by atoms with Crippen molar-refractivity contribution in [3.05, 3.63) is 11.6 Å². The zero-order chi connectivity index (χ0) is 16.7. The van der Waals surface area contributed by atoms with Gasteiger partial charge in [-0.1, -0.05) is 18.6 Å². The first kappa shape index (κ1) is 19.5. The second kappa shape index (κ2) is 9.60. The Morgan fingerprint density at radius 2 is 1.82 bits per heavy atom. The third kappa shape index (κ3) is 5.95. The molecule has 6 heteroatoms. The average molecular weight is 318 g/mol. The van der Waals surface area contributed by atoms with E-state index in [0.29, 0.717) is 12.5 Å². The monoisotopic (exact) mass is 318 g/mol. The number of hydrogen-bond acceptors (Lipinski definition) is 6. The van der Waals surface area contributed by atoms with E-state index in [1.165, 1.54) is 5.57 Å². The summed E-state index contributed by atoms with van der Waals surface area (Å²) in [6.07, 6.45) is -0.889. The summed E-state index contributed by atoms with van der Waals surface area (Å²) in [7, 11) is 0. The lowest BCUT2D eigenvalue weighted by Crippen LogP contribution is -2.59. The summed E-state index contributed by atoms with van der Waals surface area (Å²) in [6, 6.07) is 0. The largest absolute Gasteiger partial charge is 0.394 e. The average Bonchev–Trinajstić information content (AvgIpc) is 2.47. The summed E-state index contributed by atoms with van der Waals surface area (Å²) in [4.78, 5) is 0. The highest BCUT2D eigenvalue weighted by Gasteiger charge is 2.43. The second-order valence-corrected chi connectivity index (χ2v) is 6.32. The predicted octanol–water partition coefficient (Wildman–Crippen LogP) is 0.575. The van der Waals surface area contributed by atoms with E-state index in [1.54, 1.807) is 0 Å². The van der Waals surface area contributed by atoms with Gasteiger partial charge in [-0.15, -0.1) is 0 Å². The van der Waals surface area contributed by atoms with Crippen LogP contribution in [0, 0.1) is 5.92 Å². The lowest BCUT2D eigenvalue weighted by atomic mass is 9.99. The van der Waals surface area contributed by atoms with E-state index in [0.717, 1.165) is 19.3 Å². The molecule has 0 aromatic rings. The molecule has 1 aliphatic rings. The maximum Gasteiger partial charge on any atom is 0.186 e. The van der Waals surface area contributed by atoms with Gasteiger partial charge in [-0.3, -0.25) is 0 Å². The molecule has 6 nitrogen and oxygen atoms in total. The Morgan fingerprint density at radius 1 is 1.14 bits per heavy atom. The highest BCUT2D eigenvalue weighted by Crippen LogP contribution is 2.22. The van der Waals surface area contributed by atoms with Gasteiger partial charge in [-0.05, 0) is 39.0 Å². The molecule has 1 rings (SSSR count). The second-order valence-electron chi connectivity index (χ2n) is 6.32. The summed E-state index contributed by atoms with van der Waals surface area (Å²) in [6.45, 7) is 6.23. The zero-order valence-corrected chi connectivity index (χ0v) is 13.7. The van der Waals surface area contributed by atoms with Crippen molar-refractivity contribution in [2.45, 2.75) is 70.7 Å². The van der Waals surface area contributed by atoms with Crippen molar-refractivity contribution in [1.82, 2.24) is 0 Å². The smallest absolute Gasteiger partial charge is 0.186 e. The van der Waals surface area contributed by atoms with Crippen molar-refractivity contribution in [2.24, 2.45) is 5.92 Å². The Hall–Kier alpha value is -0.500. The van der Waals surface area contributed by atoms with Crippen LogP contribution in [0.4, 0.5) is 0 Å². The van der Waals surface area contributed by atoms with Crippen LogP contribution in [0.5, 0.6) is 0 Å². The molecule has 4 N–H and O–H groups in total. The fourth-order valence-electron chi connectivity index (χ4n) is 2.39. The molecule has 1 aliphatic heterocycles. The molecule has 130 valence electrons. The molecule has 0 bridgehead atoms. The molecule has 1 fully saturated rings. The van der Waals surface area contributed by atoms with Gasteiger partial charge in [-0.25, -0.2) is 0 Å². The maximum absolute atomic E-state index is 9.84. The quantitative estimate of drug-likeness (QED) is 0.489. The maximum atomic E-state index is 9.84. The van der Waals surface area contributed by atoms with Gasteiger partial charge in [0.2, 0.25) is 0 Å². The predicted molar refractivity (Wildman–Crippen MR) is 82.2 cm³/mol. The van der Waals surface area contributed by atoms with E-state index in [9.17, 15) is 15.3 Å². The van der Waals surface area contributed by atoms with Gasteiger partial charge in [0, 0.05) is 0 Å². The van der Waals surface area contributed by atoms with Gasteiger partial charge in [0.1, 0.15) is 24.4 Å². The number of allylic oxidation sites excluding steroid dienone is 2. The first-order valence-corrected chi connectivity index (χ1v) is 7.92. The number of ether oxygens (including phenoxy) is 2. The van der Waals surface area contributed by atoms with Crippen LogP contribution in [0.1, 0.15) is 40.0 Å². The molecule has 0 aliphatic carbocycles.